The van der Waals surface area contributed by atoms with Gasteiger partial charge in [-0.25, -0.2) is 0 Å². The molecular weight excluding hydrogens is 344 g/mol. The smallest absolute Gasteiger partial charge is 0.387 e. The lowest BCUT2D eigenvalue weighted by Gasteiger charge is -2.06. The van der Waals surface area contributed by atoms with E-state index in [1.165, 1.54) is 12.1 Å². The fraction of sp³-hybridized carbons (Fsp3) is 0.167. The predicted octanol–water partition coefficient (Wildman–Crippen LogP) is 3.31. The van der Waals surface area contributed by atoms with Crippen LogP contribution in [0.3, 0.4) is 0 Å². The zero-order valence-corrected chi connectivity index (χ0v) is 13.6. The van der Waals surface area contributed by atoms with E-state index in [0.29, 0.717) is 18.7 Å². The van der Waals surface area contributed by atoms with Gasteiger partial charge in [0.05, 0.1) is 0 Å². The molecule has 0 aliphatic heterocycles. The van der Waals surface area contributed by atoms with Crippen LogP contribution in [0.4, 0.5) is 8.78 Å². The van der Waals surface area contributed by atoms with Crippen molar-refractivity contribution in [1.82, 2.24) is 15.5 Å². The maximum absolute atomic E-state index is 12.1. The molecule has 0 bridgehead atoms. The lowest BCUT2D eigenvalue weighted by atomic mass is 10.1. The molecule has 2 aromatic heterocycles. The van der Waals surface area contributed by atoms with E-state index in [9.17, 15) is 13.6 Å². The average molecular weight is 359 g/mol. The third kappa shape index (κ3) is 4.62. The van der Waals surface area contributed by atoms with Crippen molar-refractivity contribution in [2.45, 2.75) is 13.0 Å². The van der Waals surface area contributed by atoms with Crippen LogP contribution in [-0.2, 0) is 6.42 Å². The minimum atomic E-state index is -2.85. The highest BCUT2D eigenvalue weighted by Gasteiger charge is 2.13. The molecule has 0 radical (unpaired) electrons. The number of carbonyl (C=O) groups is 1. The Morgan fingerprint density at radius 3 is 2.73 bits per heavy atom. The van der Waals surface area contributed by atoms with Gasteiger partial charge in [-0.2, -0.15) is 8.78 Å². The minimum absolute atomic E-state index is 0.0957. The number of benzene rings is 1. The second-order valence-electron chi connectivity index (χ2n) is 5.35. The van der Waals surface area contributed by atoms with Gasteiger partial charge in [0.25, 0.3) is 5.91 Å². The first-order valence-corrected chi connectivity index (χ1v) is 7.81. The van der Waals surface area contributed by atoms with E-state index in [2.05, 4.69) is 20.2 Å². The van der Waals surface area contributed by atoms with Crippen LogP contribution in [0.5, 0.6) is 5.75 Å². The Morgan fingerprint density at radius 2 is 2.04 bits per heavy atom. The first-order chi connectivity index (χ1) is 12.6. The van der Waals surface area contributed by atoms with Gasteiger partial charge in [-0.1, -0.05) is 17.3 Å². The zero-order chi connectivity index (χ0) is 18.4. The van der Waals surface area contributed by atoms with Gasteiger partial charge in [-0.3, -0.25) is 9.78 Å². The van der Waals surface area contributed by atoms with Gasteiger partial charge in [0.1, 0.15) is 5.75 Å². The molecule has 3 aromatic rings. The van der Waals surface area contributed by atoms with Crippen LogP contribution in [0.15, 0.2) is 59.4 Å². The first kappa shape index (κ1) is 17.5. The summed E-state index contributed by atoms with van der Waals surface area (Å²) >= 11 is 0. The van der Waals surface area contributed by atoms with E-state index >= 15 is 0 Å². The summed E-state index contributed by atoms with van der Waals surface area (Å²) in [5.41, 5.74) is 1.78. The first-order valence-electron chi connectivity index (χ1n) is 7.81. The molecule has 1 N–H and O–H groups in total. The van der Waals surface area contributed by atoms with Gasteiger partial charge in [0.15, 0.2) is 11.5 Å². The quantitative estimate of drug-likeness (QED) is 0.700. The van der Waals surface area contributed by atoms with E-state index in [1.807, 2.05) is 0 Å². The Balaban J connectivity index is 1.51. The predicted molar refractivity (Wildman–Crippen MR) is 88.8 cm³/mol. The second kappa shape index (κ2) is 8.19. The number of amides is 1. The van der Waals surface area contributed by atoms with Gasteiger partial charge in [0.2, 0.25) is 0 Å². The molecule has 0 fully saturated rings. The van der Waals surface area contributed by atoms with E-state index in [0.717, 1.165) is 11.1 Å². The van der Waals surface area contributed by atoms with E-state index in [4.69, 9.17) is 4.52 Å². The highest BCUT2D eigenvalue weighted by atomic mass is 19.3. The Morgan fingerprint density at radius 1 is 1.23 bits per heavy atom. The molecule has 134 valence electrons. The fourth-order valence-electron chi connectivity index (χ4n) is 2.28. The summed E-state index contributed by atoms with van der Waals surface area (Å²) in [5, 5.41) is 6.49. The standard InChI is InChI=1S/C18H15F2N3O3/c19-18(20)25-14-5-3-12(4-6-14)7-9-22-17(24)15-10-16(26-23-15)13-2-1-8-21-11-13/h1-6,8,10-11,18H,7,9H2,(H,22,24). The Labute approximate surface area is 147 Å². The molecule has 0 unspecified atom stereocenters. The zero-order valence-electron chi connectivity index (χ0n) is 13.6. The number of halogens is 2. The van der Waals surface area contributed by atoms with E-state index in [-0.39, 0.29) is 17.4 Å². The third-order valence-electron chi connectivity index (χ3n) is 3.54. The molecule has 8 heteroatoms. The highest BCUT2D eigenvalue weighted by Crippen LogP contribution is 2.19. The number of pyridine rings is 1. The lowest BCUT2D eigenvalue weighted by Crippen LogP contribution is -2.25. The number of hydrogen-bond donors (Lipinski definition) is 1. The molecule has 6 nitrogen and oxygen atoms in total. The van der Waals surface area contributed by atoms with Crippen LogP contribution in [-0.4, -0.2) is 29.2 Å². The number of carbonyl (C=O) groups excluding carboxylic acids is 1. The molecule has 0 saturated heterocycles. The summed E-state index contributed by atoms with van der Waals surface area (Å²) in [6, 6.07) is 11.4. The highest BCUT2D eigenvalue weighted by molar-refractivity contribution is 5.93. The molecule has 0 aliphatic carbocycles. The number of aromatic nitrogens is 2. The Bertz CT molecular complexity index is 852. The normalized spacial score (nSPS) is 10.7. The van der Waals surface area contributed by atoms with Crippen LogP contribution in [0.2, 0.25) is 0 Å². The van der Waals surface area contributed by atoms with E-state index in [1.54, 1.807) is 42.7 Å². The second-order valence-corrected chi connectivity index (χ2v) is 5.35. The van der Waals surface area contributed by atoms with Crippen LogP contribution in [0, 0.1) is 0 Å². The van der Waals surface area contributed by atoms with Crippen molar-refractivity contribution in [1.29, 1.82) is 0 Å². The maximum atomic E-state index is 12.1. The Hall–Kier alpha value is -3.29. The van der Waals surface area contributed by atoms with Crippen molar-refractivity contribution in [2.75, 3.05) is 6.54 Å². The molecule has 0 spiro atoms. The van der Waals surface area contributed by atoms with E-state index < -0.39 is 6.61 Å². The molecule has 0 saturated carbocycles. The lowest BCUT2D eigenvalue weighted by molar-refractivity contribution is -0.0498. The number of alkyl halides is 2. The van der Waals surface area contributed by atoms with Crippen molar-refractivity contribution in [2.24, 2.45) is 0 Å². The third-order valence-corrected chi connectivity index (χ3v) is 3.54. The largest absolute Gasteiger partial charge is 0.435 e. The van der Waals surface area contributed by atoms with Crippen molar-refractivity contribution < 1.29 is 22.8 Å². The minimum Gasteiger partial charge on any atom is -0.435 e. The van der Waals surface area contributed by atoms with Crippen LogP contribution < -0.4 is 10.1 Å². The summed E-state index contributed by atoms with van der Waals surface area (Å²) in [5.74, 6) is 0.192. The van der Waals surface area contributed by atoms with Crippen molar-refractivity contribution in [3.8, 4) is 17.1 Å². The molecule has 3 rings (SSSR count). The van der Waals surface area contributed by atoms with Crippen molar-refractivity contribution >= 4 is 5.91 Å². The number of hydrogen-bond acceptors (Lipinski definition) is 5. The number of nitrogens with one attached hydrogen (secondary N) is 1. The summed E-state index contributed by atoms with van der Waals surface area (Å²) in [6.45, 7) is -2.48. The molecule has 26 heavy (non-hydrogen) atoms. The van der Waals surface area contributed by atoms with Crippen LogP contribution >= 0.6 is 0 Å². The SMILES string of the molecule is O=C(NCCc1ccc(OC(F)F)cc1)c1cc(-c2cccnc2)on1. The van der Waals surface area contributed by atoms with Gasteiger partial charge >= 0.3 is 6.61 Å². The number of nitrogens with zero attached hydrogens (tertiary/aromatic N) is 2. The van der Waals surface area contributed by atoms with Gasteiger partial charge in [0, 0.05) is 30.6 Å². The summed E-state index contributed by atoms with van der Waals surface area (Å²) in [4.78, 5) is 16.1. The van der Waals surface area contributed by atoms with Gasteiger partial charge < -0.3 is 14.6 Å². The summed E-state index contributed by atoms with van der Waals surface area (Å²) in [7, 11) is 0. The van der Waals surface area contributed by atoms with Gasteiger partial charge in [-0.15, -0.1) is 0 Å². The van der Waals surface area contributed by atoms with Crippen LogP contribution in [0.1, 0.15) is 16.1 Å². The molecule has 0 aliphatic rings. The summed E-state index contributed by atoms with van der Waals surface area (Å²) < 4.78 is 33.6. The number of ether oxygens (including phenoxy) is 1. The summed E-state index contributed by atoms with van der Waals surface area (Å²) in [6.07, 6.45) is 3.79. The van der Waals surface area contributed by atoms with Crippen molar-refractivity contribution in [3.05, 3.63) is 66.1 Å². The van der Waals surface area contributed by atoms with Crippen LogP contribution in [0.25, 0.3) is 11.3 Å². The molecule has 1 amide bonds. The average Bonchev–Trinajstić information content (AvgIpc) is 3.14. The monoisotopic (exact) mass is 359 g/mol. The molecule has 2 heterocycles. The topological polar surface area (TPSA) is 77.2 Å². The molecular formula is C18H15F2N3O3. The molecule has 1 aromatic carbocycles. The van der Waals surface area contributed by atoms with Gasteiger partial charge in [-0.05, 0) is 36.2 Å². The Kier molecular flexibility index (Phi) is 5.52. The van der Waals surface area contributed by atoms with Crippen molar-refractivity contribution in [3.63, 3.8) is 0 Å². The maximum Gasteiger partial charge on any atom is 0.387 e. The fourth-order valence-corrected chi connectivity index (χ4v) is 2.28. The molecule has 0 atom stereocenters. The number of rotatable bonds is 7.